The summed E-state index contributed by atoms with van der Waals surface area (Å²) in [5.41, 5.74) is 3.23. The molecule has 0 unspecified atom stereocenters. The van der Waals surface area contributed by atoms with Gasteiger partial charge in [0.1, 0.15) is 17.4 Å². The highest BCUT2D eigenvalue weighted by atomic mass is 32.1. The van der Waals surface area contributed by atoms with Crippen LogP contribution in [0.5, 0.6) is 5.75 Å². The summed E-state index contributed by atoms with van der Waals surface area (Å²) in [4.78, 5) is 15.0. The summed E-state index contributed by atoms with van der Waals surface area (Å²) in [6, 6.07) is 15.7. The molecule has 0 radical (unpaired) electrons. The number of aromatic carboxylic acids is 1. The Balaban J connectivity index is 1.74. The molecule has 0 saturated heterocycles. The number of carboxylic acid groups (broad SMARTS) is 1. The molecule has 0 aliphatic carbocycles. The van der Waals surface area contributed by atoms with Crippen LogP contribution in [0.25, 0.3) is 10.6 Å². The Bertz CT molecular complexity index is 824. The summed E-state index contributed by atoms with van der Waals surface area (Å²) in [6.45, 7) is 2.54. The minimum Gasteiger partial charge on any atom is -0.489 e. The second-order valence-electron chi connectivity index (χ2n) is 5.15. The first-order valence-corrected chi connectivity index (χ1v) is 7.97. The van der Waals surface area contributed by atoms with Gasteiger partial charge in [-0.05, 0) is 24.6 Å². The number of hydrogen-bond donors (Lipinski definition) is 1. The monoisotopic (exact) mass is 325 g/mol. The van der Waals surface area contributed by atoms with Crippen molar-refractivity contribution in [1.82, 2.24) is 4.98 Å². The first-order chi connectivity index (χ1) is 11.1. The van der Waals surface area contributed by atoms with Gasteiger partial charge in [0.15, 0.2) is 5.69 Å². The lowest BCUT2D eigenvalue weighted by atomic mass is 10.2. The number of carboxylic acids is 1. The molecule has 1 aromatic heterocycles. The van der Waals surface area contributed by atoms with Crippen LogP contribution >= 0.6 is 11.3 Å². The molecule has 0 fully saturated rings. The minimum absolute atomic E-state index is 0.0657. The maximum atomic E-state index is 10.9. The van der Waals surface area contributed by atoms with Crippen LogP contribution in [0.3, 0.4) is 0 Å². The number of carbonyl (C=O) groups is 1. The van der Waals surface area contributed by atoms with E-state index in [-0.39, 0.29) is 5.69 Å². The van der Waals surface area contributed by atoms with Gasteiger partial charge in [0.2, 0.25) is 0 Å². The molecule has 5 heteroatoms. The van der Waals surface area contributed by atoms with Gasteiger partial charge < -0.3 is 9.84 Å². The second-order valence-corrected chi connectivity index (χ2v) is 6.00. The number of ether oxygens (including phenoxy) is 1. The van der Waals surface area contributed by atoms with Gasteiger partial charge in [-0.15, -0.1) is 11.3 Å². The van der Waals surface area contributed by atoms with Gasteiger partial charge in [-0.2, -0.15) is 0 Å². The Labute approximate surface area is 138 Å². The predicted molar refractivity (Wildman–Crippen MR) is 90.0 cm³/mol. The molecule has 0 amide bonds. The lowest BCUT2D eigenvalue weighted by Crippen LogP contribution is -1.96. The molecule has 0 aliphatic heterocycles. The van der Waals surface area contributed by atoms with E-state index in [2.05, 4.69) is 17.1 Å². The fourth-order valence-electron chi connectivity index (χ4n) is 2.07. The summed E-state index contributed by atoms with van der Waals surface area (Å²) < 4.78 is 5.81. The van der Waals surface area contributed by atoms with Crippen molar-refractivity contribution in [2.45, 2.75) is 13.5 Å². The molecule has 0 aliphatic rings. The maximum Gasteiger partial charge on any atom is 0.355 e. The molecule has 1 N–H and O–H groups in total. The molecule has 3 aromatic rings. The van der Waals surface area contributed by atoms with Crippen molar-refractivity contribution in [2.24, 2.45) is 0 Å². The highest BCUT2D eigenvalue weighted by Crippen LogP contribution is 2.27. The predicted octanol–water partition coefficient (Wildman–Crippen LogP) is 4.40. The van der Waals surface area contributed by atoms with Crippen molar-refractivity contribution >= 4 is 17.3 Å². The topological polar surface area (TPSA) is 59.4 Å². The standard InChI is InChI=1S/C18H15NO3S/c1-12-5-7-13(8-6-12)10-22-15-4-2-3-14(9-15)17-19-16(11-23-17)18(20)21/h2-9,11H,10H2,1H3,(H,20,21). The van der Waals surface area contributed by atoms with Crippen LogP contribution in [0.1, 0.15) is 21.6 Å². The summed E-state index contributed by atoms with van der Waals surface area (Å²) >= 11 is 1.31. The van der Waals surface area contributed by atoms with Crippen LogP contribution in [0.4, 0.5) is 0 Å². The zero-order chi connectivity index (χ0) is 16.2. The van der Waals surface area contributed by atoms with Crippen molar-refractivity contribution in [3.05, 3.63) is 70.7 Å². The zero-order valence-electron chi connectivity index (χ0n) is 12.5. The molecule has 116 valence electrons. The van der Waals surface area contributed by atoms with Crippen LogP contribution in [-0.4, -0.2) is 16.1 Å². The molecule has 0 saturated carbocycles. The number of thiazole rings is 1. The normalized spacial score (nSPS) is 10.5. The van der Waals surface area contributed by atoms with E-state index in [1.165, 1.54) is 22.3 Å². The van der Waals surface area contributed by atoms with Crippen molar-refractivity contribution in [1.29, 1.82) is 0 Å². The van der Waals surface area contributed by atoms with E-state index >= 15 is 0 Å². The van der Waals surface area contributed by atoms with E-state index in [1.54, 1.807) is 0 Å². The fourth-order valence-corrected chi connectivity index (χ4v) is 2.87. The molecule has 0 atom stereocenters. The Morgan fingerprint density at radius 3 is 2.70 bits per heavy atom. The third-order valence-electron chi connectivity index (χ3n) is 3.33. The molecule has 2 aromatic carbocycles. The summed E-state index contributed by atoms with van der Waals surface area (Å²) in [6.07, 6.45) is 0. The third-order valence-corrected chi connectivity index (χ3v) is 4.22. The number of nitrogens with zero attached hydrogens (tertiary/aromatic N) is 1. The van der Waals surface area contributed by atoms with E-state index in [1.807, 2.05) is 43.3 Å². The van der Waals surface area contributed by atoms with Crippen LogP contribution in [0.2, 0.25) is 0 Å². The first-order valence-electron chi connectivity index (χ1n) is 7.09. The Hall–Kier alpha value is -2.66. The molecule has 0 bridgehead atoms. The van der Waals surface area contributed by atoms with Crippen LogP contribution < -0.4 is 4.74 Å². The maximum absolute atomic E-state index is 10.9. The van der Waals surface area contributed by atoms with Crippen LogP contribution in [-0.2, 0) is 6.61 Å². The number of hydrogen-bond acceptors (Lipinski definition) is 4. The molecule has 1 heterocycles. The molecular formula is C18H15NO3S. The molecule has 23 heavy (non-hydrogen) atoms. The van der Waals surface area contributed by atoms with Gasteiger partial charge in [0.05, 0.1) is 0 Å². The van der Waals surface area contributed by atoms with E-state index in [4.69, 9.17) is 9.84 Å². The number of rotatable bonds is 5. The number of benzene rings is 2. The van der Waals surface area contributed by atoms with Crippen molar-refractivity contribution in [2.75, 3.05) is 0 Å². The summed E-state index contributed by atoms with van der Waals surface area (Å²) in [5.74, 6) is -0.283. The molecular weight excluding hydrogens is 310 g/mol. The van der Waals surface area contributed by atoms with E-state index < -0.39 is 5.97 Å². The minimum atomic E-state index is -1.01. The van der Waals surface area contributed by atoms with Gasteiger partial charge in [-0.25, -0.2) is 9.78 Å². The van der Waals surface area contributed by atoms with Crippen molar-refractivity contribution in [3.63, 3.8) is 0 Å². The quantitative estimate of drug-likeness (QED) is 0.755. The van der Waals surface area contributed by atoms with Crippen LogP contribution in [0.15, 0.2) is 53.9 Å². The second kappa shape index (κ2) is 6.62. The van der Waals surface area contributed by atoms with Gasteiger partial charge in [0.25, 0.3) is 0 Å². The summed E-state index contributed by atoms with van der Waals surface area (Å²) in [5, 5.41) is 11.2. The largest absolute Gasteiger partial charge is 0.489 e. The average molecular weight is 325 g/mol. The average Bonchev–Trinajstić information content (AvgIpc) is 3.05. The van der Waals surface area contributed by atoms with Crippen LogP contribution in [0, 0.1) is 6.92 Å². The highest BCUT2D eigenvalue weighted by Gasteiger charge is 2.10. The molecule has 0 spiro atoms. The van der Waals surface area contributed by atoms with Crippen molar-refractivity contribution in [3.8, 4) is 16.3 Å². The summed E-state index contributed by atoms with van der Waals surface area (Å²) in [7, 11) is 0. The van der Waals surface area contributed by atoms with E-state index in [0.717, 1.165) is 16.9 Å². The van der Waals surface area contributed by atoms with Crippen molar-refractivity contribution < 1.29 is 14.6 Å². The lowest BCUT2D eigenvalue weighted by Gasteiger charge is -2.07. The van der Waals surface area contributed by atoms with Gasteiger partial charge in [-0.3, -0.25) is 0 Å². The fraction of sp³-hybridized carbons (Fsp3) is 0.111. The van der Waals surface area contributed by atoms with Gasteiger partial charge in [0, 0.05) is 10.9 Å². The number of aryl methyl sites for hydroxylation is 1. The Morgan fingerprint density at radius 1 is 1.22 bits per heavy atom. The van der Waals surface area contributed by atoms with E-state index in [9.17, 15) is 4.79 Å². The van der Waals surface area contributed by atoms with E-state index in [0.29, 0.717) is 11.6 Å². The Morgan fingerprint density at radius 2 is 2.00 bits per heavy atom. The lowest BCUT2D eigenvalue weighted by molar-refractivity contribution is 0.0691. The zero-order valence-corrected chi connectivity index (χ0v) is 13.3. The molecule has 3 rings (SSSR count). The third kappa shape index (κ3) is 3.76. The SMILES string of the molecule is Cc1ccc(COc2cccc(-c3nc(C(=O)O)cs3)c2)cc1. The highest BCUT2D eigenvalue weighted by molar-refractivity contribution is 7.13. The number of aromatic nitrogens is 1. The smallest absolute Gasteiger partial charge is 0.355 e. The first kappa shape index (κ1) is 15.2. The van der Waals surface area contributed by atoms with Gasteiger partial charge in [-0.1, -0.05) is 42.0 Å². The van der Waals surface area contributed by atoms with Gasteiger partial charge >= 0.3 is 5.97 Å². The Kier molecular flexibility index (Phi) is 4.39. The molecule has 4 nitrogen and oxygen atoms in total.